The molecule has 0 aliphatic heterocycles. The van der Waals surface area contributed by atoms with E-state index >= 15 is 0 Å². The van der Waals surface area contributed by atoms with E-state index in [1.54, 1.807) is 13.0 Å². The minimum Gasteiger partial charge on any atom is -0.423 e. The first-order valence-corrected chi connectivity index (χ1v) is 10.2. The molecule has 0 bridgehead atoms. The summed E-state index contributed by atoms with van der Waals surface area (Å²) < 4.78 is 47.6. The van der Waals surface area contributed by atoms with Crippen molar-refractivity contribution in [1.29, 1.82) is 0 Å². The standard InChI is InChI=1S/C26H23F3O2/c1-3-5-7-17-8-10-18(11-9-17)19-12-13-22(23(27)14-19)26(30)31-20-15-24(28)21(6-4-2)25(29)16-20/h4,6,8-16H,3,5,7H2,1-2H3/b6-4+. The monoisotopic (exact) mass is 424 g/mol. The summed E-state index contributed by atoms with van der Waals surface area (Å²) in [7, 11) is 0. The SMILES string of the molecule is C/C=C/c1c(F)cc(OC(=O)c2ccc(-c3ccc(CCCC)cc3)cc2F)cc1F. The molecule has 0 aliphatic rings. The number of carbonyl (C=O) groups is 1. The predicted molar refractivity (Wildman–Crippen MR) is 116 cm³/mol. The van der Waals surface area contributed by atoms with Crippen LogP contribution in [0.1, 0.15) is 48.2 Å². The molecule has 0 fully saturated rings. The highest BCUT2D eigenvalue weighted by molar-refractivity contribution is 5.92. The molecule has 0 radical (unpaired) electrons. The van der Waals surface area contributed by atoms with Crippen LogP contribution in [0, 0.1) is 17.5 Å². The number of carbonyl (C=O) groups excluding carboxylic acids is 1. The minimum absolute atomic E-state index is 0.237. The molecule has 0 heterocycles. The molecule has 0 saturated carbocycles. The van der Waals surface area contributed by atoms with Crippen molar-refractivity contribution in [1.82, 2.24) is 0 Å². The van der Waals surface area contributed by atoms with Crippen LogP contribution in [-0.2, 0) is 6.42 Å². The average Bonchev–Trinajstić information content (AvgIpc) is 2.75. The molecule has 0 unspecified atom stereocenters. The summed E-state index contributed by atoms with van der Waals surface area (Å²) in [5.74, 6) is -3.89. The highest BCUT2D eigenvalue weighted by atomic mass is 19.1. The topological polar surface area (TPSA) is 26.3 Å². The fourth-order valence-electron chi connectivity index (χ4n) is 3.21. The number of rotatable bonds is 7. The van der Waals surface area contributed by atoms with Crippen molar-refractivity contribution in [2.45, 2.75) is 33.1 Å². The van der Waals surface area contributed by atoms with Crippen LogP contribution >= 0.6 is 0 Å². The molecule has 2 nitrogen and oxygen atoms in total. The Morgan fingerprint density at radius 3 is 2.13 bits per heavy atom. The highest BCUT2D eigenvalue weighted by Gasteiger charge is 2.17. The molecule has 0 aliphatic carbocycles. The van der Waals surface area contributed by atoms with E-state index in [0.29, 0.717) is 5.56 Å². The maximum atomic E-state index is 14.6. The van der Waals surface area contributed by atoms with Gasteiger partial charge in [-0.15, -0.1) is 0 Å². The van der Waals surface area contributed by atoms with E-state index in [1.807, 2.05) is 24.3 Å². The molecule has 31 heavy (non-hydrogen) atoms. The number of hydrogen-bond donors (Lipinski definition) is 0. The Morgan fingerprint density at radius 1 is 0.903 bits per heavy atom. The molecule has 0 spiro atoms. The Hall–Kier alpha value is -3.34. The number of halogens is 3. The minimum atomic E-state index is -1.03. The van der Waals surface area contributed by atoms with Crippen LogP contribution in [0.2, 0.25) is 0 Å². The van der Waals surface area contributed by atoms with Crippen LogP contribution in [0.25, 0.3) is 17.2 Å². The van der Waals surface area contributed by atoms with Crippen LogP contribution < -0.4 is 4.74 Å². The summed E-state index contributed by atoms with van der Waals surface area (Å²) in [5.41, 5.74) is 2.10. The fraction of sp³-hybridized carbons (Fsp3) is 0.192. The summed E-state index contributed by atoms with van der Waals surface area (Å²) in [6, 6.07) is 13.8. The molecule has 3 aromatic rings. The number of allylic oxidation sites excluding steroid dienone is 1. The van der Waals surface area contributed by atoms with Gasteiger partial charge in [0.05, 0.1) is 5.56 Å². The Morgan fingerprint density at radius 2 is 1.55 bits per heavy atom. The second-order valence-corrected chi connectivity index (χ2v) is 7.19. The highest BCUT2D eigenvalue weighted by Crippen LogP contribution is 2.26. The van der Waals surface area contributed by atoms with Crippen LogP contribution in [0.3, 0.4) is 0 Å². The van der Waals surface area contributed by atoms with Gasteiger partial charge in [0.25, 0.3) is 0 Å². The summed E-state index contributed by atoms with van der Waals surface area (Å²) >= 11 is 0. The van der Waals surface area contributed by atoms with E-state index in [-0.39, 0.29) is 16.9 Å². The molecular formula is C26H23F3O2. The average molecular weight is 424 g/mol. The third kappa shape index (κ3) is 5.43. The second kappa shape index (κ2) is 10.1. The number of ether oxygens (including phenoxy) is 1. The third-order valence-electron chi connectivity index (χ3n) is 4.89. The Labute approximate surface area is 180 Å². The second-order valence-electron chi connectivity index (χ2n) is 7.19. The molecule has 0 N–H and O–H groups in total. The number of unbranched alkanes of at least 4 members (excludes halogenated alkanes) is 1. The third-order valence-corrected chi connectivity index (χ3v) is 4.89. The number of esters is 1. The molecule has 0 saturated heterocycles. The van der Waals surface area contributed by atoms with E-state index < -0.39 is 23.4 Å². The smallest absolute Gasteiger partial charge is 0.346 e. The van der Waals surface area contributed by atoms with Gasteiger partial charge in [-0.05, 0) is 48.6 Å². The molecule has 160 valence electrons. The zero-order valence-corrected chi connectivity index (χ0v) is 17.4. The predicted octanol–water partition coefficient (Wildman–Crippen LogP) is 7.37. The normalized spacial score (nSPS) is 11.1. The van der Waals surface area contributed by atoms with Crippen molar-refractivity contribution >= 4 is 12.0 Å². The van der Waals surface area contributed by atoms with Gasteiger partial charge in [0, 0.05) is 17.7 Å². The molecule has 0 amide bonds. The van der Waals surface area contributed by atoms with Crippen LogP contribution in [0.4, 0.5) is 13.2 Å². The largest absolute Gasteiger partial charge is 0.423 e. The summed E-state index contributed by atoms with van der Waals surface area (Å²) in [5, 5.41) is 0. The summed E-state index contributed by atoms with van der Waals surface area (Å²) in [4.78, 5) is 12.3. The zero-order valence-electron chi connectivity index (χ0n) is 17.4. The molecule has 5 heteroatoms. The molecule has 3 aromatic carbocycles. The van der Waals surface area contributed by atoms with E-state index in [2.05, 4.69) is 6.92 Å². The quantitative estimate of drug-likeness (QED) is 0.292. The van der Waals surface area contributed by atoms with Gasteiger partial charge in [0.1, 0.15) is 23.2 Å². The van der Waals surface area contributed by atoms with Crippen LogP contribution in [0.5, 0.6) is 5.75 Å². The lowest BCUT2D eigenvalue weighted by atomic mass is 10.0. The maximum absolute atomic E-state index is 14.6. The van der Waals surface area contributed by atoms with Crippen molar-refractivity contribution in [3.8, 4) is 16.9 Å². The first-order valence-electron chi connectivity index (χ1n) is 10.2. The molecule has 0 atom stereocenters. The fourth-order valence-corrected chi connectivity index (χ4v) is 3.21. The van der Waals surface area contributed by atoms with E-state index in [9.17, 15) is 18.0 Å². The van der Waals surface area contributed by atoms with Crippen LogP contribution in [-0.4, -0.2) is 5.97 Å². The maximum Gasteiger partial charge on any atom is 0.346 e. The van der Waals surface area contributed by atoms with Gasteiger partial charge >= 0.3 is 5.97 Å². The lowest BCUT2D eigenvalue weighted by Crippen LogP contribution is -2.11. The van der Waals surface area contributed by atoms with E-state index in [4.69, 9.17) is 4.74 Å². The van der Waals surface area contributed by atoms with Crippen molar-refractivity contribution in [3.63, 3.8) is 0 Å². The van der Waals surface area contributed by atoms with Gasteiger partial charge in [-0.3, -0.25) is 0 Å². The van der Waals surface area contributed by atoms with Crippen LogP contribution in [0.15, 0.2) is 60.7 Å². The Bertz CT molecular complexity index is 1080. The number of benzene rings is 3. The number of aryl methyl sites for hydroxylation is 1. The van der Waals surface area contributed by atoms with Crippen molar-refractivity contribution in [2.24, 2.45) is 0 Å². The summed E-state index contributed by atoms with van der Waals surface area (Å²) in [6.07, 6.45) is 5.97. The van der Waals surface area contributed by atoms with E-state index in [0.717, 1.165) is 37.0 Å². The Balaban J connectivity index is 1.77. The van der Waals surface area contributed by atoms with Gasteiger partial charge in [-0.25, -0.2) is 18.0 Å². The molecule has 0 aromatic heterocycles. The molecular weight excluding hydrogens is 401 g/mol. The summed E-state index contributed by atoms with van der Waals surface area (Å²) in [6.45, 7) is 3.76. The van der Waals surface area contributed by atoms with Gasteiger partial charge in [0.2, 0.25) is 0 Å². The lowest BCUT2D eigenvalue weighted by molar-refractivity contribution is 0.0729. The van der Waals surface area contributed by atoms with Crippen molar-refractivity contribution in [3.05, 3.63) is 94.8 Å². The van der Waals surface area contributed by atoms with Crippen molar-refractivity contribution < 1.29 is 22.7 Å². The van der Waals surface area contributed by atoms with Gasteiger partial charge in [-0.2, -0.15) is 0 Å². The first-order chi connectivity index (χ1) is 14.9. The number of hydrogen-bond acceptors (Lipinski definition) is 2. The van der Waals surface area contributed by atoms with E-state index in [1.165, 1.54) is 29.8 Å². The Kier molecular flexibility index (Phi) is 7.29. The van der Waals surface area contributed by atoms with Crippen molar-refractivity contribution in [2.75, 3.05) is 0 Å². The first kappa shape index (κ1) is 22.3. The van der Waals surface area contributed by atoms with Gasteiger partial charge in [-0.1, -0.05) is 55.8 Å². The molecule has 3 rings (SSSR count). The van der Waals surface area contributed by atoms with Gasteiger partial charge < -0.3 is 4.74 Å². The lowest BCUT2D eigenvalue weighted by Gasteiger charge is -2.09. The zero-order chi connectivity index (χ0) is 22.4. The van der Waals surface area contributed by atoms with Gasteiger partial charge in [0.15, 0.2) is 0 Å².